The van der Waals surface area contributed by atoms with Crippen LogP contribution in [-0.2, 0) is 16.8 Å². The molecule has 8 rings (SSSR count). The molecule has 5 aliphatic rings. The van der Waals surface area contributed by atoms with E-state index in [-0.39, 0.29) is 17.7 Å². The molecule has 4 bridgehead atoms. The molecule has 1 aliphatic heterocycles. The summed E-state index contributed by atoms with van der Waals surface area (Å²) < 4.78 is 2.24. The third kappa shape index (κ3) is 4.14. The van der Waals surface area contributed by atoms with Crippen molar-refractivity contribution in [2.45, 2.75) is 64.3 Å². The van der Waals surface area contributed by atoms with Gasteiger partial charge in [-0.3, -0.25) is 14.5 Å². The molecule has 4 aliphatic carbocycles. The van der Waals surface area contributed by atoms with E-state index >= 15 is 0 Å². The fourth-order valence-electron chi connectivity index (χ4n) is 8.47. The van der Waals surface area contributed by atoms with Gasteiger partial charge in [-0.2, -0.15) is 5.26 Å². The second-order valence-corrected chi connectivity index (χ2v) is 13.4. The fourth-order valence-corrected chi connectivity index (χ4v) is 9.30. The average molecular weight is 548 g/mol. The van der Waals surface area contributed by atoms with Gasteiger partial charge in [-0.25, -0.2) is 0 Å². The van der Waals surface area contributed by atoms with E-state index in [1.54, 1.807) is 18.2 Å². The van der Waals surface area contributed by atoms with Crippen LogP contribution in [0.3, 0.4) is 0 Å². The maximum Gasteiger partial charge on any atom is 0.293 e. The molecule has 0 unspecified atom stereocenters. The quantitative estimate of drug-likeness (QED) is 0.308. The third-order valence-electron chi connectivity index (χ3n) is 9.87. The predicted octanol–water partition coefficient (Wildman–Crippen LogP) is 7.67. The molecular formula is C34H33N3O2S. The van der Waals surface area contributed by atoms with E-state index in [2.05, 4.69) is 54.8 Å². The van der Waals surface area contributed by atoms with E-state index in [0.717, 1.165) is 52.2 Å². The van der Waals surface area contributed by atoms with Crippen molar-refractivity contribution in [3.8, 4) is 11.8 Å². The Hall–Kier alpha value is -3.56. The summed E-state index contributed by atoms with van der Waals surface area (Å²) in [6.45, 7) is 4.25. The van der Waals surface area contributed by atoms with Crippen LogP contribution in [0.4, 0.5) is 4.79 Å². The zero-order valence-electron chi connectivity index (χ0n) is 23.0. The number of aryl methyl sites for hydroxylation is 1. The minimum atomic E-state index is -0.313. The van der Waals surface area contributed by atoms with Crippen molar-refractivity contribution in [1.29, 1.82) is 5.26 Å². The Kier molecular flexibility index (Phi) is 6.05. The molecule has 5 nitrogen and oxygen atoms in total. The highest BCUT2D eigenvalue weighted by Crippen LogP contribution is 2.60. The molecular weight excluding hydrogens is 514 g/mol. The summed E-state index contributed by atoms with van der Waals surface area (Å²) in [4.78, 5) is 27.6. The first-order valence-electron chi connectivity index (χ1n) is 14.4. The normalized spacial score (nSPS) is 28.1. The lowest BCUT2D eigenvalue weighted by molar-refractivity contribution is -0.123. The van der Waals surface area contributed by atoms with Gasteiger partial charge in [0, 0.05) is 17.1 Å². The highest BCUT2D eigenvalue weighted by Gasteiger charge is 2.51. The summed E-state index contributed by atoms with van der Waals surface area (Å²) in [5.41, 5.74) is 7.25. The molecule has 4 saturated carbocycles. The van der Waals surface area contributed by atoms with Crippen LogP contribution in [0.15, 0.2) is 59.5 Å². The van der Waals surface area contributed by atoms with Gasteiger partial charge in [0.2, 0.25) is 0 Å². The molecule has 40 heavy (non-hydrogen) atoms. The number of carbonyl (C=O) groups excluding carboxylic acids is 2. The lowest BCUT2D eigenvalue weighted by atomic mass is 9.48. The van der Waals surface area contributed by atoms with Gasteiger partial charge < -0.3 is 4.57 Å². The molecule has 6 heteroatoms. The predicted molar refractivity (Wildman–Crippen MR) is 158 cm³/mol. The number of amides is 2. The van der Waals surface area contributed by atoms with Crippen molar-refractivity contribution in [2.75, 3.05) is 0 Å². The number of hydrogen-bond donors (Lipinski definition) is 0. The first-order valence-corrected chi connectivity index (χ1v) is 15.2. The van der Waals surface area contributed by atoms with E-state index in [0.29, 0.717) is 21.4 Å². The minimum Gasteiger partial charge on any atom is -0.318 e. The van der Waals surface area contributed by atoms with Crippen LogP contribution < -0.4 is 0 Å². The zero-order chi connectivity index (χ0) is 27.6. The van der Waals surface area contributed by atoms with Gasteiger partial charge in [-0.15, -0.1) is 0 Å². The number of nitrogens with zero attached hydrogens (tertiary/aromatic N) is 3. The molecule has 3 aromatic rings. The Morgan fingerprint density at radius 1 is 0.975 bits per heavy atom. The lowest BCUT2D eigenvalue weighted by Gasteiger charge is -2.57. The summed E-state index contributed by atoms with van der Waals surface area (Å²) in [5, 5.41) is 9.09. The molecule has 0 atom stereocenters. The first kappa shape index (κ1) is 25.4. The topological polar surface area (TPSA) is 66.1 Å². The van der Waals surface area contributed by atoms with Crippen molar-refractivity contribution >= 4 is 29.0 Å². The van der Waals surface area contributed by atoms with Crippen molar-refractivity contribution in [3.05, 3.63) is 93.1 Å². The van der Waals surface area contributed by atoms with Crippen LogP contribution in [0.5, 0.6) is 0 Å². The third-order valence-corrected chi connectivity index (χ3v) is 10.8. The molecule has 2 aromatic carbocycles. The molecule has 0 radical (unpaired) electrons. The van der Waals surface area contributed by atoms with Crippen LogP contribution in [0.1, 0.15) is 72.2 Å². The van der Waals surface area contributed by atoms with Crippen LogP contribution in [-0.4, -0.2) is 20.6 Å². The summed E-state index contributed by atoms with van der Waals surface area (Å²) >= 11 is 0.964. The molecule has 1 aromatic heterocycles. The van der Waals surface area contributed by atoms with Gasteiger partial charge in [-0.1, -0.05) is 30.3 Å². The molecule has 202 valence electrons. The monoisotopic (exact) mass is 547 g/mol. The minimum absolute atomic E-state index is 0.0981. The van der Waals surface area contributed by atoms with E-state index in [1.807, 2.05) is 12.1 Å². The van der Waals surface area contributed by atoms with Gasteiger partial charge in [0.1, 0.15) is 0 Å². The number of aromatic nitrogens is 1. The molecule has 0 spiro atoms. The van der Waals surface area contributed by atoms with Crippen molar-refractivity contribution in [2.24, 2.45) is 17.8 Å². The summed E-state index contributed by atoms with van der Waals surface area (Å²) in [5.74, 6) is 2.47. The van der Waals surface area contributed by atoms with E-state index < -0.39 is 0 Å². The van der Waals surface area contributed by atoms with Crippen LogP contribution in [0.2, 0.25) is 0 Å². The first-order chi connectivity index (χ1) is 19.3. The number of thioether (sulfide) groups is 1. The van der Waals surface area contributed by atoms with Crippen LogP contribution in [0, 0.1) is 42.9 Å². The number of rotatable bonds is 5. The highest BCUT2D eigenvalue weighted by atomic mass is 32.2. The maximum absolute atomic E-state index is 13.2. The Bertz CT molecular complexity index is 1570. The van der Waals surface area contributed by atoms with Crippen LogP contribution >= 0.6 is 11.8 Å². The number of carbonyl (C=O) groups is 2. The van der Waals surface area contributed by atoms with Gasteiger partial charge in [0.25, 0.3) is 11.1 Å². The molecule has 5 fully saturated rings. The van der Waals surface area contributed by atoms with Crippen molar-refractivity contribution < 1.29 is 9.59 Å². The van der Waals surface area contributed by atoms with E-state index in [9.17, 15) is 14.9 Å². The summed E-state index contributed by atoms with van der Waals surface area (Å²) in [6, 6.07) is 20.6. The lowest BCUT2D eigenvalue weighted by Crippen LogP contribution is -2.48. The van der Waals surface area contributed by atoms with Gasteiger partial charge >= 0.3 is 0 Å². The number of nitriles is 1. The summed E-state index contributed by atoms with van der Waals surface area (Å²) in [6.07, 6.45) is 10.3. The van der Waals surface area contributed by atoms with Gasteiger partial charge in [0.15, 0.2) is 0 Å². The summed E-state index contributed by atoms with van der Waals surface area (Å²) in [7, 11) is 0. The Balaban J connectivity index is 1.14. The highest BCUT2D eigenvalue weighted by molar-refractivity contribution is 8.18. The van der Waals surface area contributed by atoms with Crippen molar-refractivity contribution in [1.82, 2.24) is 9.47 Å². The van der Waals surface area contributed by atoms with Gasteiger partial charge in [-0.05, 0) is 134 Å². The standard InChI is InChI=1S/C34H33N3O2S/c1-21-11-28(15-31-32(38)36(33(39)40-31)20-27-6-4-3-5-26(27)19-35)22(2)37(21)30-9-7-29(8-10-30)34-16-23-12-24(17-34)14-25(13-23)18-34/h3-11,15,23-25H,12-14,16-18,20H2,1-2H3/b31-15+. The van der Waals surface area contributed by atoms with Gasteiger partial charge in [0.05, 0.1) is 23.1 Å². The van der Waals surface area contributed by atoms with Crippen LogP contribution in [0.25, 0.3) is 11.8 Å². The molecule has 0 N–H and O–H groups in total. The Morgan fingerprint density at radius 2 is 1.62 bits per heavy atom. The second-order valence-electron chi connectivity index (χ2n) is 12.4. The average Bonchev–Trinajstić information content (AvgIpc) is 3.36. The molecule has 1 saturated heterocycles. The number of benzene rings is 2. The second kappa shape index (κ2) is 9.52. The maximum atomic E-state index is 13.2. The SMILES string of the molecule is Cc1cc(/C=C2/SC(=O)N(Cc3ccccc3C#N)C2=O)c(C)n1-c1ccc(C23CC4CC(CC(C4)C2)C3)cc1. The largest absolute Gasteiger partial charge is 0.318 e. The number of hydrogen-bond acceptors (Lipinski definition) is 4. The van der Waals surface area contributed by atoms with Crippen molar-refractivity contribution in [3.63, 3.8) is 0 Å². The Morgan fingerprint density at radius 3 is 2.27 bits per heavy atom. The molecule has 2 heterocycles. The Labute approximate surface area is 239 Å². The number of imide groups is 1. The van der Waals surface area contributed by atoms with E-state index in [1.165, 1.54) is 49.0 Å². The molecule has 2 amide bonds. The fraction of sp³-hybridized carbons (Fsp3) is 0.382. The smallest absolute Gasteiger partial charge is 0.293 e. The zero-order valence-corrected chi connectivity index (χ0v) is 23.8. The van der Waals surface area contributed by atoms with E-state index in [4.69, 9.17) is 0 Å².